The van der Waals surface area contributed by atoms with Gasteiger partial charge in [-0.05, 0) is 49.0 Å². The predicted molar refractivity (Wildman–Crippen MR) is 112 cm³/mol. The molecule has 29 heavy (non-hydrogen) atoms. The van der Waals surface area contributed by atoms with Crippen LogP contribution in [0.2, 0.25) is 0 Å². The van der Waals surface area contributed by atoms with Crippen molar-refractivity contribution in [3.8, 4) is 0 Å². The molecule has 0 spiro atoms. The number of benzene rings is 1. The van der Waals surface area contributed by atoms with Crippen LogP contribution in [0, 0.1) is 0 Å². The molecule has 1 aromatic carbocycles. The smallest absolute Gasteiger partial charge is 0.374 e. The van der Waals surface area contributed by atoms with Crippen LogP contribution in [0.5, 0.6) is 0 Å². The number of halogens is 3. The summed E-state index contributed by atoms with van der Waals surface area (Å²) < 4.78 is 40.7. The molecule has 0 saturated heterocycles. The zero-order valence-corrected chi connectivity index (χ0v) is 17.0. The van der Waals surface area contributed by atoms with Crippen LogP contribution in [-0.2, 0) is 6.18 Å². The lowest BCUT2D eigenvalue weighted by atomic mass is 10.1. The number of hydrogen-bond acceptors (Lipinski definition) is 4. The standard InChI is InChI=1S/C20H23F3N4OS/c1-3-4-5-11-27(2)17-9-8-15(12-16(17)20(21,22)23)25-19(29)26-18(28)14-7-6-10-24-13-14/h6-10,12-13H,3-5,11H2,1-2H3,(H2,25,26,28,29). The van der Waals surface area contributed by atoms with Gasteiger partial charge in [-0.1, -0.05) is 19.8 Å². The quantitative estimate of drug-likeness (QED) is 0.491. The molecule has 2 N–H and O–H groups in total. The third-order valence-electron chi connectivity index (χ3n) is 4.22. The molecule has 0 bridgehead atoms. The second-order valence-electron chi connectivity index (χ2n) is 6.51. The molecule has 1 amide bonds. The first-order chi connectivity index (χ1) is 13.7. The third-order valence-corrected chi connectivity index (χ3v) is 4.42. The Morgan fingerprint density at radius 2 is 2.00 bits per heavy atom. The maximum absolute atomic E-state index is 13.6. The number of anilines is 2. The van der Waals surface area contributed by atoms with Gasteiger partial charge in [-0.25, -0.2) is 0 Å². The summed E-state index contributed by atoms with van der Waals surface area (Å²) in [6, 6.07) is 7.05. The van der Waals surface area contributed by atoms with Crippen molar-refractivity contribution in [3.63, 3.8) is 0 Å². The molecule has 5 nitrogen and oxygen atoms in total. The van der Waals surface area contributed by atoms with Crippen LogP contribution in [0.25, 0.3) is 0 Å². The number of carbonyl (C=O) groups excluding carboxylic acids is 1. The number of nitrogens with zero attached hydrogens (tertiary/aromatic N) is 2. The van der Waals surface area contributed by atoms with Gasteiger partial charge in [-0.3, -0.25) is 15.1 Å². The Kier molecular flexibility index (Phi) is 7.95. The summed E-state index contributed by atoms with van der Waals surface area (Å²) in [4.78, 5) is 17.5. The van der Waals surface area contributed by atoms with E-state index in [-0.39, 0.29) is 22.1 Å². The number of pyridine rings is 1. The summed E-state index contributed by atoms with van der Waals surface area (Å²) >= 11 is 5.05. The normalized spacial score (nSPS) is 11.1. The lowest BCUT2D eigenvalue weighted by molar-refractivity contribution is -0.137. The number of rotatable bonds is 7. The Hall–Kier alpha value is -2.68. The molecule has 0 saturated carbocycles. The summed E-state index contributed by atoms with van der Waals surface area (Å²) in [5.74, 6) is -0.501. The van der Waals surface area contributed by atoms with Gasteiger partial charge in [-0.2, -0.15) is 13.2 Å². The fourth-order valence-corrected chi connectivity index (χ4v) is 2.94. The average Bonchev–Trinajstić information content (AvgIpc) is 2.68. The Balaban J connectivity index is 2.13. The van der Waals surface area contributed by atoms with E-state index in [1.165, 1.54) is 24.5 Å². The van der Waals surface area contributed by atoms with Crippen LogP contribution in [0.4, 0.5) is 24.5 Å². The number of carbonyl (C=O) groups is 1. The molecule has 0 unspecified atom stereocenters. The van der Waals surface area contributed by atoms with Gasteiger partial charge in [0, 0.05) is 37.4 Å². The predicted octanol–water partition coefficient (Wildman–Crippen LogP) is 4.85. The summed E-state index contributed by atoms with van der Waals surface area (Å²) in [6.45, 7) is 2.57. The van der Waals surface area contributed by atoms with Crippen molar-refractivity contribution < 1.29 is 18.0 Å². The van der Waals surface area contributed by atoms with Crippen LogP contribution in [-0.4, -0.2) is 29.6 Å². The molecular weight excluding hydrogens is 401 g/mol. The molecule has 156 valence electrons. The fourth-order valence-electron chi connectivity index (χ4n) is 2.73. The molecule has 1 heterocycles. The van der Waals surface area contributed by atoms with Crippen LogP contribution in [0.15, 0.2) is 42.7 Å². The molecule has 0 aliphatic rings. The molecule has 0 fully saturated rings. The number of alkyl halides is 3. The van der Waals surface area contributed by atoms with Gasteiger partial charge in [0.25, 0.3) is 5.91 Å². The summed E-state index contributed by atoms with van der Waals surface area (Å²) in [7, 11) is 1.64. The van der Waals surface area contributed by atoms with Gasteiger partial charge >= 0.3 is 6.18 Å². The number of thiocarbonyl (C=S) groups is 1. The minimum atomic E-state index is -4.52. The van der Waals surface area contributed by atoms with E-state index in [1.54, 1.807) is 24.1 Å². The highest BCUT2D eigenvalue weighted by atomic mass is 32.1. The lowest BCUT2D eigenvalue weighted by Crippen LogP contribution is -2.34. The number of amides is 1. The van der Waals surface area contributed by atoms with Crippen LogP contribution < -0.4 is 15.5 Å². The van der Waals surface area contributed by atoms with Crippen LogP contribution in [0.3, 0.4) is 0 Å². The van der Waals surface area contributed by atoms with Crippen LogP contribution in [0.1, 0.15) is 42.1 Å². The van der Waals surface area contributed by atoms with E-state index < -0.39 is 17.6 Å². The van der Waals surface area contributed by atoms with Crippen molar-refractivity contribution in [2.24, 2.45) is 0 Å². The topological polar surface area (TPSA) is 57.3 Å². The molecule has 0 radical (unpaired) electrons. The van der Waals surface area contributed by atoms with E-state index in [0.29, 0.717) is 6.54 Å². The first-order valence-corrected chi connectivity index (χ1v) is 9.58. The Bertz CT molecular complexity index is 843. The fraction of sp³-hybridized carbons (Fsp3) is 0.350. The molecule has 2 rings (SSSR count). The molecular formula is C20H23F3N4OS. The maximum atomic E-state index is 13.6. The lowest BCUT2D eigenvalue weighted by Gasteiger charge is -2.24. The van der Waals surface area contributed by atoms with Crippen molar-refractivity contribution in [1.82, 2.24) is 10.3 Å². The van der Waals surface area contributed by atoms with E-state index in [9.17, 15) is 18.0 Å². The molecule has 0 atom stereocenters. The van der Waals surface area contributed by atoms with Crippen molar-refractivity contribution >= 4 is 34.6 Å². The van der Waals surface area contributed by atoms with Crippen LogP contribution >= 0.6 is 12.2 Å². The summed E-state index contributed by atoms with van der Waals surface area (Å²) in [5, 5.41) is 4.96. The van der Waals surface area contributed by atoms with E-state index >= 15 is 0 Å². The van der Waals surface area contributed by atoms with Crippen molar-refractivity contribution in [2.45, 2.75) is 32.4 Å². The van der Waals surface area contributed by atoms with Gasteiger partial charge in [0.15, 0.2) is 5.11 Å². The van der Waals surface area contributed by atoms with E-state index in [2.05, 4.69) is 15.6 Å². The van der Waals surface area contributed by atoms with Gasteiger partial charge in [0.05, 0.1) is 11.1 Å². The SMILES string of the molecule is CCCCCN(C)c1ccc(NC(=S)NC(=O)c2cccnc2)cc1C(F)(F)F. The minimum absolute atomic E-state index is 0.101. The summed E-state index contributed by atoms with van der Waals surface area (Å²) in [6.07, 6.45) is 1.12. The van der Waals surface area contributed by atoms with Gasteiger partial charge in [0.1, 0.15) is 0 Å². The Labute approximate surface area is 173 Å². The van der Waals surface area contributed by atoms with E-state index in [1.807, 2.05) is 6.92 Å². The highest BCUT2D eigenvalue weighted by Gasteiger charge is 2.34. The average molecular weight is 424 g/mol. The molecule has 1 aromatic heterocycles. The number of aromatic nitrogens is 1. The zero-order chi connectivity index (χ0) is 21.4. The highest BCUT2D eigenvalue weighted by molar-refractivity contribution is 7.80. The first-order valence-electron chi connectivity index (χ1n) is 9.17. The van der Waals surface area contributed by atoms with E-state index in [4.69, 9.17) is 12.2 Å². The summed E-state index contributed by atoms with van der Waals surface area (Å²) in [5.41, 5.74) is -0.233. The highest BCUT2D eigenvalue weighted by Crippen LogP contribution is 2.38. The number of hydrogen-bond donors (Lipinski definition) is 2. The van der Waals surface area contributed by atoms with Gasteiger partial charge in [-0.15, -0.1) is 0 Å². The van der Waals surface area contributed by atoms with E-state index in [0.717, 1.165) is 25.3 Å². The Morgan fingerprint density at radius 1 is 1.24 bits per heavy atom. The van der Waals surface area contributed by atoms with Gasteiger partial charge in [0.2, 0.25) is 0 Å². The number of nitrogens with one attached hydrogen (secondary N) is 2. The molecule has 2 aromatic rings. The van der Waals surface area contributed by atoms with Crippen molar-refractivity contribution in [2.75, 3.05) is 23.8 Å². The second-order valence-corrected chi connectivity index (χ2v) is 6.92. The molecule has 0 aliphatic heterocycles. The second kappa shape index (κ2) is 10.2. The molecule has 9 heteroatoms. The Morgan fingerprint density at radius 3 is 2.62 bits per heavy atom. The maximum Gasteiger partial charge on any atom is 0.418 e. The third kappa shape index (κ3) is 6.70. The van der Waals surface area contributed by atoms with Gasteiger partial charge < -0.3 is 10.2 Å². The molecule has 0 aliphatic carbocycles. The largest absolute Gasteiger partial charge is 0.418 e. The number of unbranched alkanes of at least 4 members (excludes halogenated alkanes) is 2. The minimum Gasteiger partial charge on any atom is -0.374 e. The van der Waals surface area contributed by atoms with Crippen molar-refractivity contribution in [1.29, 1.82) is 0 Å². The van der Waals surface area contributed by atoms with Crippen molar-refractivity contribution in [3.05, 3.63) is 53.9 Å². The monoisotopic (exact) mass is 424 g/mol. The zero-order valence-electron chi connectivity index (χ0n) is 16.2. The first kappa shape index (κ1) is 22.6.